The van der Waals surface area contributed by atoms with E-state index in [0.717, 1.165) is 16.8 Å². The highest BCUT2D eigenvalue weighted by atomic mass is 35.5. The fraction of sp³-hybridized carbons (Fsp3) is 0.105. The molecule has 3 aromatic rings. The van der Waals surface area contributed by atoms with E-state index < -0.39 is 0 Å². The van der Waals surface area contributed by atoms with Crippen molar-refractivity contribution in [3.05, 3.63) is 71.6 Å². The van der Waals surface area contributed by atoms with Crippen molar-refractivity contribution >= 4 is 23.3 Å². The monoisotopic (exact) mass is 368 g/mol. The minimum atomic E-state index is -0.366. The molecule has 0 aliphatic carbocycles. The zero-order chi connectivity index (χ0) is 18.4. The molecule has 0 saturated heterocycles. The molecule has 0 radical (unpaired) electrons. The first-order valence-corrected chi connectivity index (χ1v) is 8.28. The first kappa shape index (κ1) is 17.7. The van der Waals surface area contributed by atoms with Gasteiger partial charge in [0.25, 0.3) is 0 Å². The molecule has 2 aromatic heterocycles. The molecule has 0 aliphatic rings. The lowest BCUT2D eigenvalue weighted by Crippen LogP contribution is -2.28. The third-order valence-corrected chi connectivity index (χ3v) is 3.93. The second kappa shape index (κ2) is 8.31. The molecule has 7 heteroatoms. The summed E-state index contributed by atoms with van der Waals surface area (Å²) in [7, 11) is 1.53. The van der Waals surface area contributed by atoms with E-state index in [2.05, 4.69) is 20.6 Å². The third-order valence-electron chi connectivity index (χ3n) is 3.69. The number of carbonyl (C=O) groups excluding carboxylic acids is 1. The van der Waals surface area contributed by atoms with E-state index in [1.807, 2.05) is 24.3 Å². The van der Waals surface area contributed by atoms with Crippen LogP contribution in [0.2, 0.25) is 5.02 Å². The maximum atomic E-state index is 12.3. The molecule has 0 fully saturated rings. The van der Waals surface area contributed by atoms with E-state index in [1.54, 1.807) is 36.8 Å². The lowest BCUT2D eigenvalue weighted by molar-refractivity contribution is 0.251. The van der Waals surface area contributed by atoms with Crippen molar-refractivity contribution in [2.45, 2.75) is 6.54 Å². The van der Waals surface area contributed by atoms with Crippen LogP contribution in [0.4, 0.5) is 10.5 Å². The zero-order valence-corrected chi connectivity index (χ0v) is 14.8. The molecule has 2 amide bonds. The largest absolute Gasteiger partial charge is 0.495 e. The van der Waals surface area contributed by atoms with E-state index in [-0.39, 0.29) is 6.03 Å². The SMILES string of the molecule is COc1ccc(Cl)cc1NC(=O)NCc1cccnc1-c1ccncc1. The topological polar surface area (TPSA) is 76.1 Å². The van der Waals surface area contributed by atoms with Gasteiger partial charge in [-0.25, -0.2) is 4.79 Å². The van der Waals surface area contributed by atoms with Crippen LogP contribution in [0.3, 0.4) is 0 Å². The molecule has 0 spiro atoms. The number of hydrogen-bond donors (Lipinski definition) is 2. The molecule has 0 atom stereocenters. The summed E-state index contributed by atoms with van der Waals surface area (Å²) in [6, 6.07) is 12.2. The maximum absolute atomic E-state index is 12.3. The summed E-state index contributed by atoms with van der Waals surface area (Å²) in [6.07, 6.45) is 5.13. The summed E-state index contributed by atoms with van der Waals surface area (Å²) in [5.74, 6) is 0.531. The van der Waals surface area contributed by atoms with Crippen molar-refractivity contribution < 1.29 is 9.53 Å². The molecule has 3 rings (SSSR count). The number of amides is 2. The minimum Gasteiger partial charge on any atom is -0.495 e. The normalized spacial score (nSPS) is 10.2. The van der Waals surface area contributed by atoms with Crippen LogP contribution >= 0.6 is 11.6 Å². The van der Waals surface area contributed by atoms with Gasteiger partial charge < -0.3 is 15.4 Å². The number of methoxy groups -OCH3 is 1. The number of nitrogens with zero attached hydrogens (tertiary/aromatic N) is 2. The Kier molecular flexibility index (Phi) is 5.66. The quantitative estimate of drug-likeness (QED) is 0.710. The number of rotatable bonds is 5. The highest BCUT2D eigenvalue weighted by molar-refractivity contribution is 6.31. The van der Waals surface area contributed by atoms with Gasteiger partial charge in [0.15, 0.2) is 0 Å². The Morgan fingerprint density at radius 3 is 2.73 bits per heavy atom. The smallest absolute Gasteiger partial charge is 0.319 e. The fourth-order valence-electron chi connectivity index (χ4n) is 2.47. The van der Waals surface area contributed by atoms with Crippen LogP contribution in [0.1, 0.15) is 5.56 Å². The highest BCUT2D eigenvalue weighted by Crippen LogP contribution is 2.27. The Morgan fingerprint density at radius 1 is 1.15 bits per heavy atom. The molecule has 2 heterocycles. The predicted octanol–water partition coefficient (Wildman–Crippen LogP) is 4.13. The van der Waals surface area contributed by atoms with Gasteiger partial charge in [-0.3, -0.25) is 9.97 Å². The predicted molar refractivity (Wildman–Crippen MR) is 101 cm³/mol. The second-order valence-electron chi connectivity index (χ2n) is 5.40. The summed E-state index contributed by atoms with van der Waals surface area (Å²) in [4.78, 5) is 20.7. The van der Waals surface area contributed by atoms with Gasteiger partial charge in [0.05, 0.1) is 18.5 Å². The molecule has 26 heavy (non-hydrogen) atoms. The van der Waals surface area contributed by atoms with Gasteiger partial charge in [0.2, 0.25) is 0 Å². The van der Waals surface area contributed by atoms with E-state index in [0.29, 0.717) is 23.0 Å². The Labute approximate surface area is 156 Å². The van der Waals surface area contributed by atoms with Gasteiger partial charge in [-0.05, 0) is 42.0 Å². The standard InChI is InChI=1S/C19H17ClN4O2/c1-26-17-5-4-15(20)11-16(17)24-19(25)23-12-14-3-2-8-22-18(14)13-6-9-21-10-7-13/h2-11H,12H2,1H3,(H2,23,24,25). The van der Waals surface area contributed by atoms with E-state index in [9.17, 15) is 4.79 Å². The molecule has 0 aliphatic heterocycles. The molecular formula is C19H17ClN4O2. The highest BCUT2D eigenvalue weighted by Gasteiger charge is 2.10. The summed E-state index contributed by atoms with van der Waals surface area (Å²) in [5.41, 5.74) is 3.13. The van der Waals surface area contributed by atoms with Gasteiger partial charge in [-0.2, -0.15) is 0 Å². The number of anilines is 1. The van der Waals surface area contributed by atoms with Crippen LogP contribution in [0.15, 0.2) is 61.1 Å². The summed E-state index contributed by atoms with van der Waals surface area (Å²) < 4.78 is 5.22. The van der Waals surface area contributed by atoms with Crippen LogP contribution in [0, 0.1) is 0 Å². The van der Waals surface area contributed by atoms with Gasteiger partial charge in [-0.1, -0.05) is 17.7 Å². The average molecular weight is 369 g/mol. The number of ether oxygens (including phenoxy) is 1. The van der Waals surface area contributed by atoms with E-state index >= 15 is 0 Å². The summed E-state index contributed by atoms with van der Waals surface area (Å²) >= 11 is 5.98. The van der Waals surface area contributed by atoms with Crippen LogP contribution in [-0.2, 0) is 6.54 Å². The number of halogens is 1. The number of nitrogens with one attached hydrogen (secondary N) is 2. The first-order chi connectivity index (χ1) is 12.7. The Balaban J connectivity index is 1.70. The fourth-order valence-corrected chi connectivity index (χ4v) is 2.64. The van der Waals surface area contributed by atoms with Crippen LogP contribution < -0.4 is 15.4 Å². The van der Waals surface area contributed by atoms with Crippen molar-refractivity contribution in [3.63, 3.8) is 0 Å². The summed E-state index contributed by atoms with van der Waals surface area (Å²) in [6.45, 7) is 0.320. The van der Waals surface area contributed by atoms with Crippen molar-refractivity contribution in [1.82, 2.24) is 15.3 Å². The Bertz CT molecular complexity index is 903. The van der Waals surface area contributed by atoms with Crippen molar-refractivity contribution in [2.24, 2.45) is 0 Å². The maximum Gasteiger partial charge on any atom is 0.319 e. The third kappa shape index (κ3) is 4.29. The Morgan fingerprint density at radius 2 is 1.96 bits per heavy atom. The molecule has 0 saturated carbocycles. The van der Waals surface area contributed by atoms with Gasteiger partial charge in [0, 0.05) is 35.7 Å². The molecule has 0 unspecified atom stereocenters. The first-order valence-electron chi connectivity index (χ1n) is 7.90. The second-order valence-corrected chi connectivity index (χ2v) is 5.84. The number of urea groups is 1. The zero-order valence-electron chi connectivity index (χ0n) is 14.1. The summed E-state index contributed by atoms with van der Waals surface area (Å²) in [5, 5.41) is 6.07. The van der Waals surface area contributed by atoms with Gasteiger partial charge >= 0.3 is 6.03 Å². The van der Waals surface area contributed by atoms with Crippen LogP contribution in [0.5, 0.6) is 5.75 Å². The molecule has 0 bridgehead atoms. The molecular weight excluding hydrogens is 352 g/mol. The minimum absolute atomic E-state index is 0.320. The number of aromatic nitrogens is 2. The molecule has 2 N–H and O–H groups in total. The number of pyridine rings is 2. The van der Waals surface area contributed by atoms with Crippen LogP contribution in [-0.4, -0.2) is 23.1 Å². The molecule has 132 valence electrons. The molecule has 1 aromatic carbocycles. The van der Waals surface area contributed by atoms with E-state index in [4.69, 9.17) is 16.3 Å². The Hall–Kier alpha value is -3.12. The van der Waals surface area contributed by atoms with Crippen molar-refractivity contribution in [3.8, 4) is 17.0 Å². The molecule has 6 nitrogen and oxygen atoms in total. The van der Waals surface area contributed by atoms with Gasteiger partial charge in [-0.15, -0.1) is 0 Å². The van der Waals surface area contributed by atoms with Crippen LogP contribution in [0.25, 0.3) is 11.3 Å². The average Bonchev–Trinajstić information content (AvgIpc) is 2.67. The lowest BCUT2D eigenvalue weighted by atomic mass is 10.1. The lowest BCUT2D eigenvalue weighted by Gasteiger charge is -2.13. The van der Waals surface area contributed by atoms with Gasteiger partial charge in [0.1, 0.15) is 5.75 Å². The van der Waals surface area contributed by atoms with Crippen molar-refractivity contribution in [2.75, 3.05) is 12.4 Å². The van der Waals surface area contributed by atoms with Crippen molar-refractivity contribution in [1.29, 1.82) is 0 Å². The number of benzene rings is 1. The van der Waals surface area contributed by atoms with E-state index in [1.165, 1.54) is 7.11 Å². The number of hydrogen-bond acceptors (Lipinski definition) is 4. The number of carbonyl (C=O) groups is 1.